The van der Waals surface area contributed by atoms with Crippen LogP contribution in [-0.2, 0) is 17.8 Å². The molecule has 1 unspecified atom stereocenters. The molecule has 0 aliphatic carbocycles. The van der Waals surface area contributed by atoms with E-state index in [-0.39, 0.29) is 12.1 Å². The number of rotatable bonds is 5. The third-order valence-corrected chi connectivity index (χ3v) is 4.89. The molecule has 1 N–H and O–H groups in total. The molecule has 2 heterocycles. The molecule has 6 heteroatoms. The summed E-state index contributed by atoms with van der Waals surface area (Å²) in [6.45, 7) is 3.87. The van der Waals surface area contributed by atoms with Crippen LogP contribution in [0.2, 0.25) is 0 Å². The van der Waals surface area contributed by atoms with Gasteiger partial charge >= 0.3 is 6.09 Å². The van der Waals surface area contributed by atoms with Gasteiger partial charge in [0.15, 0.2) is 0 Å². The van der Waals surface area contributed by atoms with Crippen LogP contribution < -0.4 is 5.32 Å². The van der Waals surface area contributed by atoms with Crippen LogP contribution in [0.5, 0.6) is 0 Å². The maximum Gasteiger partial charge on any atom is 0.410 e. The van der Waals surface area contributed by atoms with Crippen molar-refractivity contribution < 1.29 is 9.53 Å². The van der Waals surface area contributed by atoms with Crippen LogP contribution in [0, 0.1) is 0 Å². The van der Waals surface area contributed by atoms with Gasteiger partial charge in [0.1, 0.15) is 11.9 Å². The fourth-order valence-electron chi connectivity index (χ4n) is 3.57. The number of imidazole rings is 1. The molecule has 0 saturated carbocycles. The lowest BCUT2D eigenvalue weighted by molar-refractivity contribution is 0.102. The molecule has 1 aliphatic heterocycles. The number of anilines is 1. The average molecular weight is 376 g/mol. The SMILES string of the molecule is CCOC(=O)N(Cc1ccccc1)CC1Nc2ccccc2Cn2ccnc21. The molecule has 6 nitrogen and oxygen atoms in total. The highest BCUT2D eigenvalue weighted by Crippen LogP contribution is 2.28. The Morgan fingerprint density at radius 1 is 1.21 bits per heavy atom. The zero-order valence-electron chi connectivity index (χ0n) is 15.9. The smallest absolute Gasteiger partial charge is 0.410 e. The summed E-state index contributed by atoms with van der Waals surface area (Å²) in [5.41, 5.74) is 3.34. The molecule has 4 rings (SSSR count). The molecule has 0 saturated heterocycles. The number of para-hydroxylation sites is 1. The summed E-state index contributed by atoms with van der Waals surface area (Å²) in [7, 11) is 0. The summed E-state index contributed by atoms with van der Waals surface area (Å²) in [5.74, 6) is 0.915. The first-order valence-corrected chi connectivity index (χ1v) is 9.55. The van der Waals surface area contributed by atoms with E-state index in [4.69, 9.17) is 4.74 Å². The van der Waals surface area contributed by atoms with Crippen LogP contribution in [-0.4, -0.2) is 33.7 Å². The molecular formula is C22H24N4O2. The van der Waals surface area contributed by atoms with E-state index in [0.29, 0.717) is 19.7 Å². The molecule has 1 atom stereocenters. The number of carbonyl (C=O) groups excluding carboxylic acids is 1. The Kier molecular flexibility index (Phi) is 5.28. The number of benzene rings is 2. The second kappa shape index (κ2) is 8.17. The number of ether oxygens (including phenoxy) is 1. The Morgan fingerprint density at radius 3 is 2.82 bits per heavy atom. The Bertz CT molecular complexity index is 938. The molecule has 0 fully saturated rings. The largest absolute Gasteiger partial charge is 0.450 e. The van der Waals surface area contributed by atoms with Crippen molar-refractivity contribution in [2.45, 2.75) is 26.1 Å². The number of fused-ring (bicyclic) bond motifs is 2. The van der Waals surface area contributed by atoms with Gasteiger partial charge in [-0.05, 0) is 24.1 Å². The van der Waals surface area contributed by atoms with Crippen molar-refractivity contribution in [1.82, 2.24) is 14.5 Å². The minimum atomic E-state index is -0.316. The van der Waals surface area contributed by atoms with E-state index < -0.39 is 0 Å². The summed E-state index contributed by atoms with van der Waals surface area (Å²) in [5, 5.41) is 3.58. The Morgan fingerprint density at radius 2 is 2.00 bits per heavy atom. The fourth-order valence-corrected chi connectivity index (χ4v) is 3.57. The van der Waals surface area contributed by atoms with Crippen molar-refractivity contribution in [2.75, 3.05) is 18.5 Å². The minimum absolute atomic E-state index is 0.133. The lowest BCUT2D eigenvalue weighted by Crippen LogP contribution is -2.37. The van der Waals surface area contributed by atoms with Gasteiger partial charge in [0.25, 0.3) is 0 Å². The van der Waals surface area contributed by atoms with Crippen LogP contribution in [0.1, 0.15) is 29.9 Å². The minimum Gasteiger partial charge on any atom is -0.450 e. The number of nitrogens with zero attached hydrogens (tertiary/aromatic N) is 3. The normalized spacial score (nSPS) is 15.0. The van der Waals surface area contributed by atoms with E-state index in [1.54, 1.807) is 4.90 Å². The van der Waals surface area contributed by atoms with Gasteiger partial charge in [-0.3, -0.25) is 0 Å². The Balaban J connectivity index is 1.62. The molecule has 144 valence electrons. The van der Waals surface area contributed by atoms with E-state index in [0.717, 1.165) is 23.6 Å². The highest BCUT2D eigenvalue weighted by Gasteiger charge is 2.27. The van der Waals surface area contributed by atoms with Gasteiger partial charge in [-0.2, -0.15) is 0 Å². The lowest BCUT2D eigenvalue weighted by atomic mass is 10.1. The van der Waals surface area contributed by atoms with E-state index in [1.165, 1.54) is 5.56 Å². The molecule has 0 spiro atoms. The second-order valence-corrected chi connectivity index (χ2v) is 6.83. The highest BCUT2D eigenvalue weighted by molar-refractivity contribution is 5.68. The summed E-state index contributed by atoms with van der Waals surface area (Å²) in [4.78, 5) is 19.0. The van der Waals surface area contributed by atoms with Crippen molar-refractivity contribution in [3.05, 3.63) is 83.9 Å². The number of carbonyl (C=O) groups is 1. The molecule has 1 aliphatic rings. The summed E-state index contributed by atoms with van der Waals surface area (Å²) in [6.07, 6.45) is 3.48. The first-order chi connectivity index (χ1) is 13.7. The topological polar surface area (TPSA) is 59.4 Å². The highest BCUT2D eigenvalue weighted by atomic mass is 16.6. The molecule has 0 radical (unpaired) electrons. The third kappa shape index (κ3) is 3.86. The third-order valence-electron chi connectivity index (χ3n) is 4.89. The maximum absolute atomic E-state index is 12.7. The zero-order chi connectivity index (χ0) is 19.3. The Labute approximate surface area is 164 Å². The molecule has 0 bridgehead atoms. The summed E-state index contributed by atoms with van der Waals surface area (Å²) in [6, 6.07) is 18.1. The number of nitrogens with one attached hydrogen (secondary N) is 1. The second-order valence-electron chi connectivity index (χ2n) is 6.83. The van der Waals surface area contributed by atoms with Crippen LogP contribution in [0.15, 0.2) is 67.0 Å². The quantitative estimate of drug-likeness (QED) is 0.730. The van der Waals surface area contributed by atoms with Crippen molar-refractivity contribution in [3.8, 4) is 0 Å². The van der Waals surface area contributed by atoms with Gasteiger partial charge in [-0.1, -0.05) is 48.5 Å². The van der Waals surface area contributed by atoms with E-state index >= 15 is 0 Å². The predicted octanol–water partition coefficient (Wildman–Crippen LogP) is 4.06. The van der Waals surface area contributed by atoms with Crippen molar-refractivity contribution >= 4 is 11.8 Å². The molecule has 1 aromatic heterocycles. The molecule has 2 aromatic carbocycles. The van der Waals surface area contributed by atoms with Gasteiger partial charge in [-0.15, -0.1) is 0 Å². The van der Waals surface area contributed by atoms with Gasteiger partial charge in [0.05, 0.1) is 19.7 Å². The number of hydrogen-bond donors (Lipinski definition) is 1. The first-order valence-electron chi connectivity index (χ1n) is 9.55. The molecule has 28 heavy (non-hydrogen) atoms. The van der Waals surface area contributed by atoms with Crippen LogP contribution >= 0.6 is 0 Å². The van der Waals surface area contributed by atoms with Crippen molar-refractivity contribution in [3.63, 3.8) is 0 Å². The molecule has 3 aromatic rings. The van der Waals surface area contributed by atoms with Gasteiger partial charge in [-0.25, -0.2) is 9.78 Å². The maximum atomic E-state index is 12.7. The first kappa shape index (κ1) is 18.1. The molecule has 1 amide bonds. The van der Waals surface area contributed by atoms with Gasteiger partial charge < -0.3 is 19.5 Å². The van der Waals surface area contributed by atoms with Gasteiger partial charge in [0, 0.05) is 24.6 Å². The molecular weight excluding hydrogens is 352 g/mol. The zero-order valence-corrected chi connectivity index (χ0v) is 15.9. The summed E-state index contributed by atoms with van der Waals surface area (Å²) >= 11 is 0. The average Bonchev–Trinajstić information content (AvgIpc) is 3.11. The monoisotopic (exact) mass is 376 g/mol. The standard InChI is InChI=1S/C22H24N4O2/c1-2-28-22(27)26(14-17-8-4-3-5-9-17)16-20-21-23-12-13-25(21)15-18-10-6-7-11-19(18)24-20/h3-13,20,24H,2,14-16H2,1H3. The Hall–Kier alpha value is -3.28. The van der Waals surface area contributed by atoms with E-state index in [9.17, 15) is 4.79 Å². The van der Waals surface area contributed by atoms with E-state index in [2.05, 4.69) is 27.0 Å². The number of hydrogen-bond acceptors (Lipinski definition) is 4. The number of amides is 1. The van der Waals surface area contributed by atoms with Crippen molar-refractivity contribution in [1.29, 1.82) is 0 Å². The number of aromatic nitrogens is 2. The fraction of sp³-hybridized carbons (Fsp3) is 0.273. The van der Waals surface area contributed by atoms with Crippen LogP contribution in [0.4, 0.5) is 10.5 Å². The van der Waals surface area contributed by atoms with Crippen LogP contribution in [0.3, 0.4) is 0 Å². The predicted molar refractivity (Wildman–Crippen MR) is 108 cm³/mol. The summed E-state index contributed by atoms with van der Waals surface area (Å²) < 4.78 is 7.45. The van der Waals surface area contributed by atoms with Crippen LogP contribution in [0.25, 0.3) is 0 Å². The van der Waals surface area contributed by atoms with E-state index in [1.807, 2.05) is 61.8 Å². The van der Waals surface area contributed by atoms with Crippen molar-refractivity contribution in [2.24, 2.45) is 0 Å². The lowest BCUT2D eigenvalue weighted by Gasteiger charge is -2.27. The van der Waals surface area contributed by atoms with Gasteiger partial charge in [0.2, 0.25) is 0 Å².